The number of likely N-dealkylation sites (tertiary alicyclic amines) is 1. The van der Waals surface area contributed by atoms with Crippen molar-refractivity contribution >= 4 is 18.5 Å². The summed E-state index contributed by atoms with van der Waals surface area (Å²) in [6.07, 6.45) is 3.47. The number of benzene rings is 2. The molecule has 2 aromatic carbocycles. The van der Waals surface area contributed by atoms with Crippen LogP contribution < -0.4 is 0 Å². The summed E-state index contributed by atoms with van der Waals surface area (Å²) in [5.74, 6) is 0.151. The number of carbonyl (C=O) groups is 1. The van der Waals surface area contributed by atoms with Crippen LogP contribution in [0.3, 0.4) is 0 Å². The van der Waals surface area contributed by atoms with E-state index in [1.54, 1.807) is 0 Å². The second kappa shape index (κ2) is 6.35. The quantitative estimate of drug-likeness (QED) is 0.821. The number of carbonyl (C=O) groups excluding carboxylic acids is 1. The first-order chi connectivity index (χ1) is 10.2. The fourth-order valence-corrected chi connectivity index (χ4v) is 3.02. The summed E-state index contributed by atoms with van der Waals surface area (Å²) < 4.78 is 0. The molecule has 0 aliphatic carbocycles. The van der Waals surface area contributed by atoms with Gasteiger partial charge in [0, 0.05) is 23.5 Å². The number of hydrogen-bond acceptors (Lipinski definition) is 2. The van der Waals surface area contributed by atoms with Crippen molar-refractivity contribution in [3.63, 3.8) is 0 Å². The molecular weight excluding hydrogens is 278 g/mol. The summed E-state index contributed by atoms with van der Waals surface area (Å²) in [4.78, 5) is 15.5. The largest absolute Gasteiger partial charge is 0.339 e. The molecule has 1 aliphatic rings. The van der Waals surface area contributed by atoms with Crippen molar-refractivity contribution in [3.05, 3.63) is 54.1 Å². The third-order valence-corrected chi connectivity index (χ3v) is 4.21. The van der Waals surface area contributed by atoms with Crippen molar-refractivity contribution in [2.24, 2.45) is 0 Å². The van der Waals surface area contributed by atoms with Crippen molar-refractivity contribution in [2.75, 3.05) is 13.1 Å². The second-order valence-corrected chi connectivity index (χ2v) is 6.00. The number of nitrogens with zero attached hydrogens (tertiary/aromatic N) is 1. The zero-order valence-corrected chi connectivity index (χ0v) is 12.9. The highest BCUT2D eigenvalue weighted by atomic mass is 32.1. The van der Waals surface area contributed by atoms with Crippen LogP contribution in [0.5, 0.6) is 0 Å². The van der Waals surface area contributed by atoms with Gasteiger partial charge in [-0.25, -0.2) is 0 Å². The molecule has 0 spiro atoms. The monoisotopic (exact) mass is 297 g/mol. The van der Waals surface area contributed by atoms with Gasteiger partial charge in [0.25, 0.3) is 5.91 Å². The Labute approximate surface area is 131 Å². The summed E-state index contributed by atoms with van der Waals surface area (Å²) in [7, 11) is 0. The highest BCUT2D eigenvalue weighted by Gasteiger charge is 2.18. The van der Waals surface area contributed by atoms with Crippen LogP contribution in [0.1, 0.15) is 29.6 Å². The third kappa shape index (κ3) is 3.30. The highest BCUT2D eigenvalue weighted by Crippen LogP contribution is 2.24. The van der Waals surface area contributed by atoms with Gasteiger partial charge in [-0.3, -0.25) is 4.79 Å². The van der Waals surface area contributed by atoms with Crippen LogP contribution in [0.4, 0.5) is 0 Å². The molecule has 1 amide bonds. The summed E-state index contributed by atoms with van der Waals surface area (Å²) in [6.45, 7) is 1.77. The van der Waals surface area contributed by atoms with Gasteiger partial charge in [0.05, 0.1) is 0 Å². The number of rotatable bonds is 2. The van der Waals surface area contributed by atoms with Crippen molar-refractivity contribution in [1.82, 2.24) is 4.90 Å². The molecule has 2 nitrogen and oxygen atoms in total. The Balaban J connectivity index is 1.87. The molecule has 0 bridgehead atoms. The molecule has 0 unspecified atom stereocenters. The molecule has 0 saturated carbocycles. The van der Waals surface area contributed by atoms with E-state index >= 15 is 0 Å². The van der Waals surface area contributed by atoms with Crippen molar-refractivity contribution in [3.8, 4) is 11.1 Å². The molecule has 2 aromatic rings. The average Bonchev–Trinajstić information content (AvgIpc) is 2.55. The number of piperidine rings is 1. The summed E-state index contributed by atoms with van der Waals surface area (Å²) in [6, 6.07) is 15.9. The lowest BCUT2D eigenvalue weighted by Gasteiger charge is -2.26. The molecule has 0 aromatic heterocycles. The van der Waals surface area contributed by atoms with Gasteiger partial charge >= 0.3 is 0 Å². The Morgan fingerprint density at radius 3 is 2.29 bits per heavy atom. The summed E-state index contributed by atoms with van der Waals surface area (Å²) in [5, 5.41) is 0. The minimum absolute atomic E-state index is 0.151. The van der Waals surface area contributed by atoms with Crippen LogP contribution in [0.15, 0.2) is 53.4 Å². The molecule has 3 heteroatoms. The maximum atomic E-state index is 12.6. The van der Waals surface area contributed by atoms with Crippen LogP contribution in [0, 0.1) is 0 Å². The molecule has 0 N–H and O–H groups in total. The first kappa shape index (κ1) is 14.2. The van der Waals surface area contributed by atoms with Gasteiger partial charge in [-0.05, 0) is 54.7 Å². The number of hydrogen-bond donors (Lipinski definition) is 1. The Bertz CT molecular complexity index is 647. The van der Waals surface area contributed by atoms with E-state index in [2.05, 4.69) is 12.6 Å². The van der Waals surface area contributed by atoms with Gasteiger partial charge in [0.15, 0.2) is 0 Å². The normalized spacial score (nSPS) is 15.0. The Hall–Kier alpha value is -1.74. The molecule has 1 aliphatic heterocycles. The lowest BCUT2D eigenvalue weighted by atomic mass is 10.0. The molecule has 21 heavy (non-hydrogen) atoms. The molecule has 0 atom stereocenters. The van der Waals surface area contributed by atoms with Crippen molar-refractivity contribution < 1.29 is 4.79 Å². The van der Waals surface area contributed by atoms with E-state index in [9.17, 15) is 4.79 Å². The molecule has 1 fully saturated rings. The molecular formula is C18H19NOS. The van der Waals surface area contributed by atoms with Gasteiger partial charge in [0.1, 0.15) is 0 Å². The zero-order chi connectivity index (χ0) is 14.7. The van der Waals surface area contributed by atoms with Gasteiger partial charge < -0.3 is 4.90 Å². The smallest absolute Gasteiger partial charge is 0.253 e. The Kier molecular flexibility index (Phi) is 4.30. The first-order valence-electron chi connectivity index (χ1n) is 7.43. The maximum Gasteiger partial charge on any atom is 0.253 e. The van der Waals surface area contributed by atoms with E-state index in [1.807, 2.05) is 53.4 Å². The van der Waals surface area contributed by atoms with Gasteiger partial charge in [-0.1, -0.05) is 24.3 Å². The van der Waals surface area contributed by atoms with Crippen molar-refractivity contribution in [2.45, 2.75) is 24.2 Å². The van der Waals surface area contributed by atoms with Crippen LogP contribution in [-0.2, 0) is 0 Å². The minimum Gasteiger partial charge on any atom is -0.339 e. The third-order valence-electron chi connectivity index (χ3n) is 3.93. The maximum absolute atomic E-state index is 12.6. The standard InChI is InChI=1S/C18H19NOS/c20-18(19-10-2-1-3-11-19)16-8-4-6-14(12-16)15-7-5-9-17(21)13-15/h4-9,12-13,21H,1-3,10-11H2. The van der Waals surface area contributed by atoms with E-state index in [0.717, 1.165) is 47.5 Å². The summed E-state index contributed by atoms with van der Waals surface area (Å²) >= 11 is 4.38. The highest BCUT2D eigenvalue weighted by molar-refractivity contribution is 7.80. The molecule has 3 rings (SSSR count). The number of thiol groups is 1. The van der Waals surface area contributed by atoms with Crippen molar-refractivity contribution in [1.29, 1.82) is 0 Å². The Morgan fingerprint density at radius 2 is 1.57 bits per heavy atom. The Morgan fingerprint density at radius 1 is 0.905 bits per heavy atom. The van der Waals surface area contributed by atoms with Crippen LogP contribution in [0.25, 0.3) is 11.1 Å². The zero-order valence-electron chi connectivity index (χ0n) is 12.0. The average molecular weight is 297 g/mol. The SMILES string of the molecule is O=C(c1cccc(-c2cccc(S)c2)c1)N1CCCCC1. The lowest BCUT2D eigenvalue weighted by molar-refractivity contribution is 0.0724. The predicted molar refractivity (Wildman–Crippen MR) is 88.9 cm³/mol. The van der Waals surface area contributed by atoms with Crippen LogP contribution in [-0.4, -0.2) is 23.9 Å². The fraction of sp³-hybridized carbons (Fsp3) is 0.278. The topological polar surface area (TPSA) is 20.3 Å². The summed E-state index contributed by atoms with van der Waals surface area (Å²) in [5.41, 5.74) is 2.93. The fourth-order valence-electron chi connectivity index (χ4n) is 2.80. The van der Waals surface area contributed by atoms with Gasteiger partial charge in [-0.2, -0.15) is 0 Å². The van der Waals surface area contributed by atoms with E-state index in [4.69, 9.17) is 0 Å². The van der Waals surface area contributed by atoms with E-state index in [0.29, 0.717) is 0 Å². The first-order valence-corrected chi connectivity index (χ1v) is 7.87. The van der Waals surface area contributed by atoms with Crippen LogP contribution >= 0.6 is 12.6 Å². The lowest BCUT2D eigenvalue weighted by Crippen LogP contribution is -2.35. The minimum atomic E-state index is 0.151. The van der Waals surface area contributed by atoms with Crippen LogP contribution in [0.2, 0.25) is 0 Å². The van der Waals surface area contributed by atoms with E-state index in [-0.39, 0.29) is 5.91 Å². The van der Waals surface area contributed by atoms with E-state index < -0.39 is 0 Å². The van der Waals surface area contributed by atoms with E-state index in [1.165, 1.54) is 6.42 Å². The molecule has 0 radical (unpaired) electrons. The van der Waals surface area contributed by atoms with Gasteiger partial charge in [-0.15, -0.1) is 12.6 Å². The second-order valence-electron chi connectivity index (χ2n) is 5.48. The van der Waals surface area contributed by atoms with Gasteiger partial charge in [0.2, 0.25) is 0 Å². The molecule has 1 heterocycles. The molecule has 1 saturated heterocycles. The predicted octanol–water partition coefficient (Wildman–Crippen LogP) is 4.27. The number of amides is 1. The molecule has 108 valence electrons.